The number of benzene rings is 2. The fourth-order valence-corrected chi connectivity index (χ4v) is 2.78. The summed E-state index contributed by atoms with van der Waals surface area (Å²) < 4.78 is 0. The van der Waals surface area contributed by atoms with Crippen molar-refractivity contribution in [2.75, 3.05) is 23.7 Å². The predicted molar refractivity (Wildman–Crippen MR) is 116 cm³/mol. The number of nitrogens with one attached hydrogen (secondary N) is 4. The molecule has 0 saturated heterocycles. The van der Waals surface area contributed by atoms with Gasteiger partial charge in [0.2, 0.25) is 0 Å². The molecular weight excluding hydrogens is 352 g/mol. The summed E-state index contributed by atoms with van der Waals surface area (Å²) in [4.78, 5) is 23.7. The van der Waals surface area contributed by atoms with Crippen LogP contribution in [0.1, 0.15) is 37.8 Å². The van der Waals surface area contributed by atoms with Gasteiger partial charge in [0, 0.05) is 24.5 Å². The largest absolute Gasteiger partial charge is 0.338 e. The molecule has 0 fully saturated rings. The summed E-state index contributed by atoms with van der Waals surface area (Å²) in [7, 11) is 0. The Kier molecular flexibility index (Phi) is 7.87. The van der Waals surface area contributed by atoms with E-state index in [1.165, 1.54) is 0 Å². The van der Waals surface area contributed by atoms with Crippen molar-refractivity contribution in [2.45, 2.75) is 40.5 Å². The Labute approximate surface area is 167 Å². The van der Waals surface area contributed by atoms with Gasteiger partial charge in [-0.25, -0.2) is 9.59 Å². The fraction of sp³-hybridized carbons (Fsp3) is 0.364. The fourth-order valence-electron chi connectivity index (χ4n) is 2.78. The van der Waals surface area contributed by atoms with Crippen molar-refractivity contribution in [1.82, 2.24) is 10.6 Å². The molecule has 0 aliphatic rings. The Hall–Kier alpha value is -3.02. The van der Waals surface area contributed by atoms with Crippen LogP contribution in [-0.2, 0) is 0 Å². The smallest absolute Gasteiger partial charge is 0.319 e. The first-order valence-electron chi connectivity index (χ1n) is 9.76. The van der Waals surface area contributed by atoms with Gasteiger partial charge in [-0.2, -0.15) is 0 Å². The molecule has 0 aromatic heterocycles. The second kappa shape index (κ2) is 10.3. The van der Waals surface area contributed by atoms with Crippen LogP contribution in [0.4, 0.5) is 21.0 Å². The average molecular weight is 383 g/mol. The summed E-state index contributed by atoms with van der Waals surface area (Å²) in [5.74, 6) is 0. The third-order valence-corrected chi connectivity index (χ3v) is 4.35. The van der Waals surface area contributed by atoms with Gasteiger partial charge in [-0.15, -0.1) is 0 Å². The van der Waals surface area contributed by atoms with E-state index in [-0.39, 0.29) is 12.1 Å². The maximum atomic E-state index is 11.9. The van der Waals surface area contributed by atoms with E-state index in [1.54, 1.807) is 0 Å². The SMILES string of the molecule is CCCNC(=O)Nc1ccc(-c2ccc(NC(=O)NCCC)c(C)c2)cc1C. The van der Waals surface area contributed by atoms with Gasteiger partial charge in [0.15, 0.2) is 0 Å². The van der Waals surface area contributed by atoms with Gasteiger partial charge in [-0.1, -0.05) is 26.0 Å². The number of carbonyl (C=O) groups excluding carboxylic acids is 2. The van der Waals surface area contributed by atoms with Gasteiger partial charge in [-0.3, -0.25) is 0 Å². The molecule has 0 spiro atoms. The molecule has 0 aliphatic carbocycles. The van der Waals surface area contributed by atoms with Gasteiger partial charge < -0.3 is 21.3 Å². The minimum Gasteiger partial charge on any atom is -0.338 e. The van der Waals surface area contributed by atoms with Crippen LogP contribution in [0.3, 0.4) is 0 Å². The Morgan fingerprint density at radius 3 is 1.43 bits per heavy atom. The van der Waals surface area contributed by atoms with E-state index in [0.29, 0.717) is 13.1 Å². The molecule has 28 heavy (non-hydrogen) atoms. The van der Waals surface area contributed by atoms with Crippen molar-refractivity contribution >= 4 is 23.4 Å². The van der Waals surface area contributed by atoms with Crippen LogP contribution in [0.15, 0.2) is 36.4 Å². The highest BCUT2D eigenvalue weighted by atomic mass is 16.2. The average Bonchev–Trinajstić information content (AvgIpc) is 2.67. The minimum absolute atomic E-state index is 0.190. The molecule has 2 rings (SSSR count). The number of urea groups is 2. The van der Waals surface area contributed by atoms with Crippen LogP contribution in [0.5, 0.6) is 0 Å². The molecule has 0 saturated carbocycles. The Bertz CT molecular complexity index is 764. The topological polar surface area (TPSA) is 82.3 Å². The van der Waals surface area contributed by atoms with E-state index >= 15 is 0 Å². The quantitative estimate of drug-likeness (QED) is 0.541. The number of hydrogen-bond acceptors (Lipinski definition) is 2. The molecule has 6 heteroatoms. The Morgan fingerprint density at radius 2 is 1.11 bits per heavy atom. The third-order valence-electron chi connectivity index (χ3n) is 4.35. The van der Waals surface area contributed by atoms with Crippen LogP contribution in [0.2, 0.25) is 0 Å². The molecule has 4 amide bonds. The van der Waals surface area contributed by atoms with Crippen LogP contribution in [-0.4, -0.2) is 25.2 Å². The van der Waals surface area contributed by atoms with E-state index in [9.17, 15) is 9.59 Å². The lowest BCUT2D eigenvalue weighted by molar-refractivity contribution is 0.251. The van der Waals surface area contributed by atoms with Crippen molar-refractivity contribution in [3.05, 3.63) is 47.5 Å². The molecule has 4 N–H and O–H groups in total. The molecule has 0 atom stereocenters. The molecule has 0 aliphatic heterocycles. The van der Waals surface area contributed by atoms with Gasteiger partial charge in [0.25, 0.3) is 0 Å². The van der Waals surface area contributed by atoms with Gasteiger partial charge in [0.05, 0.1) is 0 Å². The summed E-state index contributed by atoms with van der Waals surface area (Å²) in [6.07, 6.45) is 1.80. The maximum Gasteiger partial charge on any atom is 0.319 e. The first kappa shape index (κ1) is 21.3. The number of rotatable bonds is 7. The van der Waals surface area contributed by atoms with Crippen LogP contribution < -0.4 is 21.3 Å². The zero-order valence-electron chi connectivity index (χ0n) is 17.1. The summed E-state index contributed by atoms with van der Waals surface area (Å²) in [5, 5.41) is 11.4. The molecule has 2 aromatic carbocycles. The zero-order valence-corrected chi connectivity index (χ0v) is 17.1. The lowest BCUT2D eigenvalue weighted by atomic mass is 10.00. The maximum absolute atomic E-state index is 11.9. The summed E-state index contributed by atoms with van der Waals surface area (Å²) in [6.45, 7) is 9.28. The molecule has 0 bridgehead atoms. The highest BCUT2D eigenvalue weighted by Crippen LogP contribution is 2.28. The van der Waals surface area contributed by atoms with Crippen LogP contribution in [0, 0.1) is 13.8 Å². The highest BCUT2D eigenvalue weighted by molar-refractivity contribution is 5.91. The molecule has 0 radical (unpaired) electrons. The molecule has 2 aromatic rings. The van der Waals surface area contributed by atoms with E-state index in [0.717, 1.165) is 46.5 Å². The van der Waals surface area contributed by atoms with E-state index in [4.69, 9.17) is 0 Å². The first-order chi connectivity index (χ1) is 13.4. The van der Waals surface area contributed by atoms with Crippen LogP contribution >= 0.6 is 0 Å². The number of aryl methyl sites for hydroxylation is 2. The second-order valence-corrected chi connectivity index (χ2v) is 6.82. The highest BCUT2D eigenvalue weighted by Gasteiger charge is 2.08. The molecule has 0 heterocycles. The van der Waals surface area contributed by atoms with Gasteiger partial charge in [-0.05, 0) is 73.2 Å². The molecular formula is C22H30N4O2. The second-order valence-electron chi connectivity index (χ2n) is 6.82. The minimum atomic E-state index is -0.190. The predicted octanol–water partition coefficient (Wildman–Crippen LogP) is 5.03. The summed E-state index contributed by atoms with van der Waals surface area (Å²) in [6, 6.07) is 11.5. The summed E-state index contributed by atoms with van der Waals surface area (Å²) >= 11 is 0. The molecule has 0 unspecified atom stereocenters. The first-order valence-corrected chi connectivity index (χ1v) is 9.76. The van der Waals surface area contributed by atoms with E-state index < -0.39 is 0 Å². The van der Waals surface area contributed by atoms with Gasteiger partial charge >= 0.3 is 12.1 Å². The van der Waals surface area contributed by atoms with E-state index in [1.807, 2.05) is 64.1 Å². The van der Waals surface area contributed by atoms with Crippen molar-refractivity contribution in [2.24, 2.45) is 0 Å². The lowest BCUT2D eigenvalue weighted by Gasteiger charge is -2.13. The van der Waals surface area contributed by atoms with Crippen molar-refractivity contribution < 1.29 is 9.59 Å². The third kappa shape index (κ3) is 6.01. The zero-order chi connectivity index (χ0) is 20.5. The van der Waals surface area contributed by atoms with Crippen molar-refractivity contribution in [3.63, 3.8) is 0 Å². The molecule has 6 nitrogen and oxygen atoms in total. The van der Waals surface area contributed by atoms with Crippen molar-refractivity contribution in [3.8, 4) is 11.1 Å². The number of hydrogen-bond donors (Lipinski definition) is 4. The van der Waals surface area contributed by atoms with Crippen molar-refractivity contribution in [1.29, 1.82) is 0 Å². The number of carbonyl (C=O) groups is 2. The van der Waals surface area contributed by atoms with Gasteiger partial charge in [0.1, 0.15) is 0 Å². The molecule has 150 valence electrons. The lowest BCUT2D eigenvalue weighted by Crippen LogP contribution is -2.29. The Balaban J connectivity index is 2.10. The Morgan fingerprint density at radius 1 is 0.714 bits per heavy atom. The summed E-state index contributed by atoms with van der Waals surface area (Å²) in [5.41, 5.74) is 5.68. The normalized spacial score (nSPS) is 10.3. The standard InChI is InChI=1S/C22H30N4O2/c1-5-11-23-21(27)25-19-9-7-17(13-15(19)3)18-8-10-20(16(4)14-18)26-22(28)24-12-6-2/h7-10,13-14H,5-6,11-12H2,1-4H3,(H2,23,25,27)(H2,24,26,28). The number of anilines is 2. The van der Waals surface area contributed by atoms with Crippen LogP contribution in [0.25, 0.3) is 11.1 Å². The number of amides is 4. The monoisotopic (exact) mass is 382 g/mol. The van der Waals surface area contributed by atoms with E-state index in [2.05, 4.69) is 21.3 Å².